The Balaban J connectivity index is 1.77. The first-order valence-corrected chi connectivity index (χ1v) is 7.38. The van der Waals surface area contributed by atoms with E-state index in [4.69, 9.17) is 0 Å². The molecule has 1 N–H and O–H groups in total. The highest BCUT2D eigenvalue weighted by Gasteiger charge is 2.13. The van der Waals surface area contributed by atoms with Crippen molar-refractivity contribution in [3.05, 3.63) is 48.6 Å². The van der Waals surface area contributed by atoms with E-state index in [0.717, 1.165) is 5.82 Å². The Kier molecular flexibility index (Phi) is 4.32. The van der Waals surface area contributed by atoms with Gasteiger partial charge in [0.15, 0.2) is 0 Å². The van der Waals surface area contributed by atoms with E-state index in [-0.39, 0.29) is 24.1 Å². The summed E-state index contributed by atoms with van der Waals surface area (Å²) in [6.07, 6.45) is 4.75. The summed E-state index contributed by atoms with van der Waals surface area (Å²) >= 11 is 0. The third-order valence-electron chi connectivity index (χ3n) is 3.42. The highest BCUT2D eigenvalue weighted by molar-refractivity contribution is 5.91. The highest BCUT2D eigenvalue weighted by Crippen LogP contribution is 2.19. The van der Waals surface area contributed by atoms with Crippen LogP contribution in [0, 0.1) is 5.82 Å². The lowest BCUT2D eigenvalue weighted by Gasteiger charge is -2.12. The minimum absolute atomic E-state index is 0.0576. The molecule has 8 nitrogen and oxygen atoms in total. The zero-order valence-corrected chi connectivity index (χ0v) is 13.2. The van der Waals surface area contributed by atoms with E-state index in [9.17, 15) is 9.18 Å². The number of nitrogens with zero attached hydrogens (tertiary/aromatic N) is 6. The van der Waals surface area contributed by atoms with E-state index in [1.54, 1.807) is 17.0 Å². The van der Waals surface area contributed by atoms with E-state index >= 15 is 0 Å². The summed E-state index contributed by atoms with van der Waals surface area (Å²) in [4.78, 5) is 16.5. The summed E-state index contributed by atoms with van der Waals surface area (Å²) in [6.45, 7) is 4.04. The number of halogens is 1. The molecule has 1 aromatic carbocycles. The van der Waals surface area contributed by atoms with Gasteiger partial charge >= 0.3 is 0 Å². The van der Waals surface area contributed by atoms with Crippen molar-refractivity contribution in [3.8, 4) is 5.69 Å². The van der Waals surface area contributed by atoms with E-state index < -0.39 is 5.82 Å². The van der Waals surface area contributed by atoms with E-state index in [0.29, 0.717) is 5.69 Å². The SMILES string of the molecule is CC(C)c1nccn1CC(=O)Nc1cc(-n2cnnn2)ccc1F. The average Bonchev–Trinajstić information content (AvgIpc) is 3.20. The minimum atomic E-state index is -0.533. The number of hydrogen-bond acceptors (Lipinski definition) is 5. The van der Waals surface area contributed by atoms with Crippen molar-refractivity contribution >= 4 is 11.6 Å². The van der Waals surface area contributed by atoms with Crippen LogP contribution < -0.4 is 5.32 Å². The Morgan fingerprint density at radius 1 is 1.38 bits per heavy atom. The second-order valence-electron chi connectivity index (χ2n) is 5.53. The van der Waals surface area contributed by atoms with Crippen LogP contribution in [0.4, 0.5) is 10.1 Å². The summed E-state index contributed by atoms with van der Waals surface area (Å²) in [5, 5.41) is 13.4. The van der Waals surface area contributed by atoms with Gasteiger partial charge in [-0.05, 0) is 28.6 Å². The van der Waals surface area contributed by atoms with E-state index in [1.807, 2.05) is 13.8 Å². The molecule has 1 amide bonds. The zero-order valence-electron chi connectivity index (χ0n) is 13.2. The predicted molar refractivity (Wildman–Crippen MR) is 84.1 cm³/mol. The largest absolute Gasteiger partial charge is 0.325 e. The van der Waals surface area contributed by atoms with Gasteiger partial charge in [-0.3, -0.25) is 4.79 Å². The summed E-state index contributed by atoms with van der Waals surface area (Å²) in [5.74, 6) is 0.110. The molecule has 2 aromatic heterocycles. The molecule has 0 unspecified atom stereocenters. The first-order valence-electron chi connectivity index (χ1n) is 7.38. The minimum Gasteiger partial charge on any atom is -0.325 e. The number of anilines is 1. The molecule has 3 aromatic rings. The van der Waals surface area contributed by atoms with Crippen molar-refractivity contribution in [2.24, 2.45) is 0 Å². The summed E-state index contributed by atoms with van der Waals surface area (Å²) in [5.41, 5.74) is 0.612. The Bertz CT molecular complexity index is 841. The lowest BCUT2D eigenvalue weighted by atomic mass is 10.2. The van der Waals surface area contributed by atoms with Gasteiger partial charge in [0.25, 0.3) is 0 Å². The topological polar surface area (TPSA) is 90.5 Å². The smallest absolute Gasteiger partial charge is 0.244 e. The maximum atomic E-state index is 14.0. The van der Waals surface area contributed by atoms with Gasteiger partial charge in [0, 0.05) is 18.3 Å². The van der Waals surface area contributed by atoms with Crippen LogP contribution in [-0.4, -0.2) is 35.7 Å². The molecule has 2 heterocycles. The molecule has 0 atom stereocenters. The van der Waals surface area contributed by atoms with Gasteiger partial charge < -0.3 is 9.88 Å². The standard InChI is InChI=1S/C15H16FN7O/c1-10(2)15-17-5-6-22(15)8-14(24)19-13-7-11(3-4-12(13)16)23-9-18-20-21-23/h3-7,9-10H,8H2,1-2H3,(H,19,24). The van der Waals surface area contributed by atoms with Crippen molar-refractivity contribution in [3.63, 3.8) is 0 Å². The normalized spacial score (nSPS) is 11.0. The van der Waals surface area contributed by atoms with Crippen LogP contribution in [0.3, 0.4) is 0 Å². The molecule has 0 aliphatic carbocycles. The zero-order chi connectivity index (χ0) is 17.1. The number of hydrogen-bond donors (Lipinski definition) is 1. The third-order valence-corrected chi connectivity index (χ3v) is 3.42. The molecular formula is C15H16FN7O. The molecule has 0 saturated carbocycles. The fourth-order valence-electron chi connectivity index (χ4n) is 2.33. The third kappa shape index (κ3) is 3.29. The molecule has 0 saturated heterocycles. The Morgan fingerprint density at radius 2 is 2.21 bits per heavy atom. The highest BCUT2D eigenvalue weighted by atomic mass is 19.1. The number of carbonyl (C=O) groups excluding carboxylic acids is 1. The van der Waals surface area contributed by atoms with Crippen molar-refractivity contribution in [1.29, 1.82) is 0 Å². The quantitative estimate of drug-likeness (QED) is 0.770. The number of rotatable bonds is 5. The number of carbonyl (C=O) groups is 1. The first-order chi connectivity index (χ1) is 11.5. The lowest BCUT2D eigenvalue weighted by Crippen LogP contribution is -2.21. The van der Waals surface area contributed by atoms with Gasteiger partial charge in [0.2, 0.25) is 5.91 Å². The fourth-order valence-corrected chi connectivity index (χ4v) is 2.33. The Morgan fingerprint density at radius 3 is 2.92 bits per heavy atom. The number of imidazole rings is 1. The number of tetrazole rings is 1. The maximum Gasteiger partial charge on any atom is 0.244 e. The van der Waals surface area contributed by atoms with Crippen molar-refractivity contribution in [2.45, 2.75) is 26.3 Å². The number of benzene rings is 1. The van der Waals surface area contributed by atoms with E-state index in [2.05, 4.69) is 25.8 Å². The van der Waals surface area contributed by atoms with Crippen molar-refractivity contribution < 1.29 is 9.18 Å². The molecule has 24 heavy (non-hydrogen) atoms. The fraction of sp³-hybridized carbons (Fsp3) is 0.267. The van der Waals surface area contributed by atoms with Crippen LogP contribution in [-0.2, 0) is 11.3 Å². The van der Waals surface area contributed by atoms with Crippen LogP contribution in [0.2, 0.25) is 0 Å². The first kappa shape index (κ1) is 15.8. The van der Waals surface area contributed by atoms with Crippen LogP contribution in [0.25, 0.3) is 5.69 Å². The average molecular weight is 329 g/mol. The van der Waals surface area contributed by atoms with Crippen molar-refractivity contribution in [1.82, 2.24) is 29.8 Å². The van der Waals surface area contributed by atoms with E-state index in [1.165, 1.54) is 29.2 Å². The van der Waals surface area contributed by atoms with Gasteiger partial charge in [-0.2, -0.15) is 0 Å². The second kappa shape index (κ2) is 6.57. The van der Waals surface area contributed by atoms with Gasteiger partial charge in [0.05, 0.1) is 11.4 Å². The molecule has 3 rings (SSSR count). The van der Waals surface area contributed by atoms with Gasteiger partial charge in [-0.25, -0.2) is 14.1 Å². The van der Waals surface area contributed by atoms with Crippen LogP contribution in [0.5, 0.6) is 0 Å². The summed E-state index contributed by atoms with van der Waals surface area (Å²) in [6, 6.07) is 4.25. The molecule has 124 valence electrons. The van der Waals surface area contributed by atoms with Gasteiger partial charge in [-0.15, -0.1) is 5.10 Å². The summed E-state index contributed by atoms with van der Waals surface area (Å²) in [7, 11) is 0. The number of amides is 1. The molecule has 0 spiro atoms. The number of nitrogens with one attached hydrogen (secondary N) is 1. The monoisotopic (exact) mass is 329 g/mol. The predicted octanol–water partition coefficient (Wildman–Crippen LogP) is 1.76. The van der Waals surface area contributed by atoms with Gasteiger partial charge in [-0.1, -0.05) is 13.8 Å². The van der Waals surface area contributed by atoms with Crippen LogP contribution >= 0.6 is 0 Å². The molecule has 0 aliphatic heterocycles. The maximum absolute atomic E-state index is 14.0. The number of aromatic nitrogens is 6. The second-order valence-corrected chi connectivity index (χ2v) is 5.53. The molecule has 0 fully saturated rings. The molecule has 0 bridgehead atoms. The molecular weight excluding hydrogens is 313 g/mol. The lowest BCUT2D eigenvalue weighted by molar-refractivity contribution is -0.116. The van der Waals surface area contributed by atoms with Crippen LogP contribution in [0.15, 0.2) is 36.9 Å². The molecule has 0 aliphatic rings. The molecule has 0 radical (unpaired) electrons. The summed E-state index contributed by atoms with van der Waals surface area (Å²) < 4.78 is 17.1. The Labute approximate surface area is 137 Å². The van der Waals surface area contributed by atoms with Crippen molar-refractivity contribution in [2.75, 3.05) is 5.32 Å². The van der Waals surface area contributed by atoms with Crippen LogP contribution in [0.1, 0.15) is 25.6 Å². The molecule has 9 heteroatoms. The van der Waals surface area contributed by atoms with Gasteiger partial charge in [0.1, 0.15) is 24.5 Å². The Hall–Kier alpha value is -3.10.